The van der Waals surface area contributed by atoms with Crippen molar-refractivity contribution in [3.05, 3.63) is 71.0 Å². The van der Waals surface area contributed by atoms with Gasteiger partial charge < -0.3 is 14.7 Å². The quantitative estimate of drug-likeness (QED) is 0.940. The van der Waals surface area contributed by atoms with E-state index in [1.807, 2.05) is 0 Å². The Hall–Kier alpha value is -2.73. The fourth-order valence-electron chi connectivity index (χ4n) is 2.71. The van der Waals surface area contributed by atoms with Crippen molar-refractivity contribution < 1.29 is 23.8 Å². The Morgan fingerprint density at radius 2 is 1.88 bits per heavy atom. The van der Waals surface area contributed by atoms with Crippen LogP contribution in [0.5, 0.6) is 0 Å². The molecule has 3 rings (SSSR count). The van der Waals surface area contributed by atoms with Gasteiger partial charge in [0, 0.05) is 12.1 Å². The first-order valence-corrected chi connectivity index (χ1v) is 7.54. The highest BCUT2D eigenvalue weighted by atomic mass is 19.1. The minimum atomic E-state index is -1.08. The van der Waals surface area contributed by atoms with Crippen LogP contribution < -0.4 is 0 Å². The molecule has 1 atom stereocenters. The molecule has 1 amide bonds. The number of carboxylic acids is 1. The molecule has 0 saturated carbocycles. The predicted molar refractivity (Wildman–Crippen MR) is 84.4 cm³/mol. The van der Waals surface area contributed by atoms with Gasteiger partial charge in [-0.25, -0.2) is 9.18 Å². The number of aromatic carboxylic acids is 1. The molecule has 1 N–H and O–H groups in total. The van der Waals surface area contributed by atoms with Crippen LogP contribution in [0.2, 0.25) is 0 Å². The minimum Gasteiger partial charge on any atom is -0.478 e. The first kappa shape index (κ1) is 16.1. The Kier molecular flexibility index (Phi) is 4.57. The van der Waals surface area contributed by atoms with E-state index in [2.05, 4.69) is 0 Å². The molecule has 1 fully saturated rings. The molecule has 124 valence electrons. The van der Waals surface area contributed by atoms with Crippen molar-refractivity contribution in [2.75, 3.05) is 19.7 Å². The summed E-state index contributed by atoms with van der Waals surface area (Å²) < 4.78 is 19.0. The molecule has 0 aliphatic carbocycles. The zero-order chi connectivity index (χ0) is 17.1. The first-order chi connectivity index (χ1) is 11.5. The maximum absolute atomic E-state index is 13.4. The van der Waals surface area contributed by atoms with Crippen LogP contribution in [0.1, 0.15) is 32.4 Å². The smallest absolute Gasteiger partial charge is 0.335 e. The summed E-state index contributed by atoms with van der Waals surface area (Å²) in [7, 11) is 0. The van der Waals surface area contributed by atoms with Gasteiger partial charge in [-0.1, -0.05) is 18.2 Å². The fraction of sp³-hybridized carbons (Fsp3) is 0.222. The first-order valence-electron chi connectivity index (χ1n) is 7.54. The van der Waals surface area contributed by atoms with Crippen molar-refractivity contribution in [3.63, 3.8) is 0 Å². The SMILES string of the molecule is O=C(O)c1cccc(C(=O)N2CCOC(c3cccc(F)c3)C2)c1. The second-order valence-corrected chi connectivity index (χ2v) is 5.55. The zero-order valence-electron chi connectivity index (χ0n) is 12.8. The number of carbonyl (C=O) groups is 2. The van der Waals surface area contributed by atoms with Crippen molar-refractivity contribution in [2.24, 2.45) is 0 Å². The number of carbonyl (C=O) groups excluding carboxylic acids is 1. The highest BCUT2D eigenvalue weighted by Gasteiger charge is 2.26. The number of halogens is 1. The van der Waals surface area contributed by atoms with E-state index in [-0.39, 0.29) is 17.3 Å². The van der Waals surface area contributed by atoms with Crippen molar-refractivity contribution in [3.8, 4) is 0 Å². The lowest BCUT2D eigenvalue weighted by atomic mass is 10.1. The number of rotatable bonds is 3. The maximum Gasteiger partial charge on any atom is 0.335 e. The summed E-state index contributed by atoms with van der Waals surface area (Å²) in [6.07, 6.45) is -0.402. The molecule has 5 nitrogen and oxygen atoms in total. The Balaban J connectivity index is 1.78. The second-order valence-electron chi connectivity index (χ2n) is 5.55. The molecule has 1 heterocycles. The van der Waals surface area contributed by atoms with Gasteiger partial charge in [-0.3, -0.25) is 4.79 Å². The van der Waals surface area contributed by atoms with Crippen LogP contribution in [0, 0.1) is 5.82 Å². The molecule has 0 aromatic heterocycles. The maximum atomic E-state index is 13.4. The molecule has 0 bridgehead atoms. The summed E-state index contributed by atoms with van der Waals surface area (Å²) >= 11 is 0. The van der Waals surface area contributed by atoms with Gasteiger partial charge >= 0.3 is 5.97 Å². The average molecular weight is 329 g/mol. The van der Waals surface area contributed by atoms with Gasteiger partial charge in [-0.15, -0.1) is 0 Å². The van der Waals surface area contributed by atoms with E-state index in [0.717, 1.165) is 0 Å². The molecule has 24 heavy (non-hydrogen) atoms. The molecule has 2 aromatic rings. The summed E-state index contributed by atoms with van der Waals surface area (Å²) in [6, 6.07) is 12.0. The third kappa shape index (κ3) is 3.44. The number of ether oxygens (including phenoxy) is 1. The average Bonchev–Trinajstić information content (AvgIpc) is 2.61. The number of hydrogen-bond acceptors (Lipinski definition) is 3. The van der Waals surface area contributed by atoms with Crippen LogP contribution in [-0.2, 0) is 4.74 Å². The third-order valence-corrected chi connectivity index (χ3v) is 3.93. The van der Waals surface area contributed by atoms with Gasteiger partial charge in [-0.05, 0) is 35.9 Å². The number of nitrogens with zero attached hydrogens (tertiary/aromatic N) is 1. The summed E-state index contributed by atoms with van der Waals surface area (Å²) in [6.45, 7) is 1.03. The predicted octanol–water partition coefficient (Wildman–Crippen LogP) is 2.74. The topological polar surface area (TPSA) is 66.8 Å². The molecule has 1 aliphatic rings. The Labute approximate surface area is 138 Å². The lowest BCUT2D eigenvalue weighted by molar-refractivity contribution is -0.0229. The van der Waals surface area contributed by atoms with Crippen LogP contribution in [-0.4, -0.2) is 41.6 Å². The van der Waals surface area contributed by atoms with E-state index in [1.54, 1.807) is 29.2 Å². The number of morpholine rings is 1. The van der Waals surface area contributed by atoms with Gasteiger partial charge in [0.2, 0.25) is 0 Å². The monoisotopic (exact) mass is 329 g/mol. The summed E-state index contributed by atoms with van der Waals surface area (Å²) in [5, 5.41) is 9.04. The Bertz CT molecular complexity index is 777. The van der Waals surface area contributed by atoms with Gasteiger partial charge in [0.05, 0.1) is 18.7 Å². The van der Waals surface area contributed by atoms with Gasteiger partial charge in [0.1, 0.15) is 11.9 Å². The van der Waals surface area contributed by atoms with Gasteiger partial charge in [-0.2, -0.15) is 0 Å². The number of amides is 1. The molecule has 1 unspecified atom stereocenters. The number of benzene rings is 2. The second kappa shape index (κ2) is 6.80. The molecule has 1 aliphatic heterocycles. The molecular formula is C18H16FNO4. The molecule has 6 heteroatoms. The Morgan fingerprint density at radius 3 is 2.62 bits per heavy atom. The van der Waals surface area contributed by atoms with E-state index >= 15 is 0 Å². The summed E-state index contributed by atoms with van der Waals surface area (Å²) in [5.41, 5.74) is 1.05. The van der Waals surface area contributed by atoms with E-state index in [4.69, 9.17) is 9.84 Å². The third-order valence-electron chi connectivity index (χ3n) is 3.93. The summed E-state index contributed by atoms with van der Waals surface area (Å²) in [4.78, 5) is 25.3. The number of hydrogen-bond donors (Lipinski definition) is 1. The standard InChI is InChI=1S/C18H16FNO4/c19-15-6-2-3-12(10-15)16-11-20(7-8-24-16)17(21)13-4-1-5-14(9-13)18(22)23/h1-6,9-10,16H,7-8,11H2,(H,22,23). The van der Waals surface area contributed by atoms with Crippen molar-refractivity contribution in [1.29, 1.82) is 0 Å². The highest BCUT2D eigenvalue weighted by Crippen LogP contribution is 2.24. The van der Waals surface area contributed by atoms with E-state index in [1.165, 1.54) is 24.3 Å². The van der Waals surface area contributed by atoms with E-state index in [0.29, 0.717) is 30.8 Å². The summed E-state index contributed by atoms with van der Waals surface area (Å²) in [5.74, 6) is -1.69. The van der Waals surface area contributed by atoms with Crippen LogP contribution in [0.25, 0.3) is 0 Å². The van der Waals surface area contributed by atoms with Crippen molar-refractivity contribution in [2.45, 2.75) is 6.10 Å². The zero-order valence-corrected chi connectivity index (χ0v) is 12.8. The molecular weight excluding hydrogens is 313 g/mol. The van der Waals surface area contributed by atoms with Crippen LogP contribution in [0.4, 0.5) is 4.39 Å². The molecule has 2 aromatic carbocycles. The highest BCUT2D eigenvalue weighted by molar-refractivity contribution is 5.97. The molecule has 0 spiro atoms. The van der Waals surface area contributed by atoms with Crippen LogP contribution >= 0.6 is 0 Å². The van der Waals surface area contributed by atoms with Crippen LogP contribution in [0.3, 0.4) is 0 Å². The van der Waals surface area contributed by atoms with Gasteiger partial charge in [0.25, 0.3) is 5.91 Å². The van der Waals surface area contributed by atoms with Crippen molar-refractivity contribution in [1.82, 2.24) is 4.90 Å². The minimum absolute atomic E-state index is 0.0655. The Morgan fingerprint density at radius 1 is 1.12 bits per heavy atom. The largest absolute Gasteiger partial charge is 0.478 e. The van der Waals surface area contributed by atoms with Crippen LogP contribution in [0.15, 0.2) is 48.5 Å². The molecule has 1 saturated heterocycles. The normalized spacial score (nSPS) is 17.5. The number of carboxylic acid groups (broad SMARTS) is 1. The lowest BCUT2D eigenvalue weighted by Gasteiger charge is -2.33. The lowest BCUT2D eigenvalue weighted by Crippen LogP contribution is -2.42. The van der Waals surface area contributed by atoms with E-state index < -0.39 is 12.1 Å². The van der Waals surface area contributed by atoms with E-state index in [9.17, 15) is 14.0 Å². The van der Waals surface area contributed by atoms with Crippen molar-refractivity contribution >= 4 is 11.9 Å². The fourth-order valence-corrected chi connectivity index (χ4v) is 2.71. The van der Waals surface area contributed by atoms with Gasteiger partial charge in [0.15, 0.2) is 0 Å². The molecule has 0 radical (unpaired) electrons.